The molecule has 2 heterocycles. The molecule has 4 rings (SSSR count). The second-order valence-electron chi connectivity index (χ2n) is 7.33. The third-order valence-corrected chi connectivity index (χ3v) is 5.68. The van der Waals surface area contributed by atoms with E-state index in [0.717, 1.165) is 31.2 Å². The molecule has 1 N–H and O–H groups in total. The lowest BCUT2D eigenvalue weighted by molar-refractivity contribution is -0.141. The molecule has 1 saturated heterocycles. The second kappa shape index (κ2) is 6.94. The predicted octanol–water partition coefficient (Wildman–Crippen LogP) is 2.79. The molecule has 26 heavy (non-hydrogen) atoms. The van der Waals surface area contributed by atoms with Gasteiger partial charge in [0.2, 0.25) is 0 Å². The highest BCUT2D eigenvalue weighted by molar-refractivity contribution is 5.97. The van der Waals surface area contributed by atoms with Gasteiger partial charge in [0.25, 0.3) is 5.91 Å². The van der Waals surface area contributed by atoms with Crippen molar-refractivity contribution in [3.05, 3.63) is 53.9 Å². The van der Waals surface area contributed by atoms with Gasteiger partial charge in [0, 0.05) is 12.2 Å². The minimum Gasteiger partial charge on any atom is -0.480 e. The van der Waals surface area contributed by atoms with Crippen LogP contribution in [0.4, 0.5) is 0 Å². The number of aromatic nitrogens is 2. The number of fused-ring (bicyclic) bond motifs is 1. The molecule has 1 saturated carbocycles. The zero-order chi connectivity index (χ0) is 18.1. The number of likely N-dealkylation sites (tertiary alicyclic amines) is 1. The summed E-state index contributed by atoms with van der Waals surface area (Å²) in [4.78, 5) is 26.4. The van der Waals surface area contributed by atoms with Crippen molar-refractivity contribution in [2.24, 2.45) is 5.92 Å². The molecule has 6 nitrogen and oxygen atoms in total. The minimum atomic E-state index is -0.899. The SMILES string of the molecule is O=C(O)C1CC2CCCCC2N1C(=O)c1cnn(Cc2ccccc2)c1. The number of hydrogen-bond donors (Lipinski definition) is 1. The number of hydrogen-bond acceptors (Lipinski definition) is 3. The molecule has 3 atom stereocenters. The number of carboxylic acid groups (broad SMARTS) is 1. The van der Waals surface area contributed by atoms with E-state index >= 15 is 0 Å². The van der Waals surface area contributed by atoms with E-state index in [0.29, 0.717) is 24.4 Å². The molecule has 6 heteroatoms. The van der Waals surface area contributed by atoms with Crippen molar-refractivity contribution < 1.29 is 14.7 Å². The highest BCUT2D eigenvalue weighted by Gasteiger charge is 2.47. The van der Waals surface area contributed by atoms with Crippen LogP contribution in [0.2, 0.25) is 0 Å². The van der Waals surface area contributed by atoms with Crippen molar-refractivity contribution in [3.8, 4) is 0 Å². The Kier molecular flexibility index (Phi) is 4.49. The first-order chi connectivity index (χ1) is 12.6. The first-order valence-corrected chi connectivity index (χ1v) is 9.25. The van der Waals surface area contributed by atoms with Crippen LogP contribution in [-0.4, -0.2) is 43.7 Å². The molecule has 136 valence electrons. The first kappa shape index (κ1) is 16.8. The van der Waals surface area contributed by atoms with Gasteiger partial charge < -0.3 is 10.0 Å². The van der Waals surface area contributed by atoms with Gasteiger partial charge in [-0.15, -0.1) is 0 Å². The average molecular weight is 353 g/mol. The molecule has 1 aromatic carbocycles. The molecule has 0 spiro atoms. The predicted molar refractivity (Wildman–Crippen MR) is 95.7 cm³/mol. The van der Waals surface area contributed by atoms with Gasteiger partial charge in [-0.2, -0.15) is 5.10 Å². The molecule has 1 aliphatic carbocycles. The quantitative estimate of drug-likeness (QED) is 0.917. The van der Waals surface area contributed by atoms with Crippen molar-refractivity contribution in [3.63, 3.8) is 0 Å². The summed E-state index contributed by atoms with van der Waals surface area (Å²) >= 11 is 0. The number of carbonyl (C=O) groups is 2. The summed E-state index contributed by atoms with van der Waals surface area (Å²) in [5, 5.41) is 13.9. The second-order valence-corrected chi connectivity index (χ2v) is 7.33. The van der Waals surface area contributed by atoms with Crippen LogP contribution in [0.3, 0.4) is 0 Å². The van der Waals surface area contributed by atoms with E-state index < -0.39 is 12.0 Å². The smallest absolute Gasteiger partial charge is 0.326 e. The van der Waals surface area contributed by atoms with E-state index in [1.807, 2.05) is 30.3 Å². The number of rotatable bonds is 4. The van der Waals surface area contributed by atoms with Crippen LogP contribution in [0, 0.1) is 5.92 Å². The summed E-state index contributed by atoms with van der Waals surface area (Å²) in [6.07, 6.45) is 7.97. The molecule has 3 unspecified atom stereocenters. The van der Waals surface area contributed by atoms with Crippen LogP contribution in [0.25, 0.3) is 0 Å². The van der Waals surface area contributed by atoms with Crippen molar-refractivity contribution in [2.75, 3.05) is 0 Å². The van der Waals surface area contributed by atoms with Gasteiger partial charge in [-0.3, -0.25) is 9.48 Å². The maximum absolute atomic E-state index is 13.1. The van der Waals surface area contributed by atoms with Gasteiger partial charge >= 0.3 is 5.97 Å². The maximum Gasteiger partial charge on any atom is 0.326 e. The molecule has 1 aliphatic heterocycles. The Hall–Kier alpha value is -2.63. The summed E-state index contributed by atoms with van der Waals surface area (Å²) in [6, 6.07) is 9.25. The number of carboxylic acids is 1. The largest absolute Gasteiger partial charge is 0.480 e. The maximum atomic E-state index is 13.1. The molecule has 0 bridgehead atoms. The molecule has 0 radical (unpaired) electrons. The minimum absolute atomic E-state index is 0.0508. The molecular weight excluding hydrogens is 330 g/mol. The van der Waals surface area contributed by atoms with Crippen molar-refractivity contribution in [1.29, 1.82) is 0 Å². The number of amides is 1. The zero-order valence-electron chi connectivity index (χ0n) is 14.6. The van der Waals surface area contributed by atoms with E-state index in [1.165, 1.54) is 0 Å². The summed E-state index contributed by atoms with van der Waals surface area (Å²) in [5.41, 5.74) is 1.57. The van der Waals surface area contributed by atoms with Crippen molar-refractivity contribution >= 4 is 11.9 Å². The van der Waals surface area contributed by atoms with Crippen molar-refractivity contribution in [1.82, 2.24) is 14.7 Å². The van der Waals surface area contributed by atoms with Gasteiger partial charge in [0.05, 0.1) is 18.3 Å². The summed E-state index contributed by atoms with van der Waals surface area (Å²) in [7, 11) is 0. The number of nitrogens with zero attached hydrogens (tertiary/aromatic N) is 3. The molecule has 1 amide bonds. The third-order valence-electron chi connectivity index (χ3n) is 5.68. The molecule has 2 fully saturated rings. The number of benzene rings is 1. The highest BCUT2D eigenvalue weighted by Crippen LogP contribution is 2.40. The number of aliphatic carboxylic acids is 1. The van der Waals surface area contributed by atoms with Crippen LogP contribution in [0.1, 0.15) is 48.0 Å². The van der Waals surface area contributed by atoms with E-state index in [4.69, 9.17) is 0 Å². The Morgan fingerprint density at radius 1 is 1.15 bits per heavy atom. The molecule has 2 aromatic rings. The van der Waals surface area contributed by atoms with Gasteiger partial charge in [-0.25, -0.2) is 4.79 Å². The van der Waals surface area contributed by atoms with E-state index in [1.54, 1.807) is 22.0 Å². The topological polar surface area (TPSA) is 75.4 Å². The highest BCUT2D eigenvalue weighted by atomic mass is 16.4. The van der Waals surface area contributed by atoms with Gasteiger partial charge in [0.15, 0.2) is 0 Å². The lowest BCUT2D eigenvalue weighted by Gasteiger charge is -2.32. The summed E-state index contributed by atoms with van der Waals surface area (Å²) < 4.78 is 1.73. The van der Waals surface area contributed by atoms with Crippen molar-refractivity contribution in [2.45, 2.75) is 50.7 Å². The fraction of sp³-hybridized carbons (Fsp3) is 0.450. The standard InChI is InChI=1S/C20H23N3O3/c24-19(16-11-21-22(13-16)12-14-6-2-1-3-7-14)23-17-9-5-4-8-15(17)10-18(23)20(25)26/h1-3,6-7,11,13,15,17-18H,4-5,8-10,12H2,(H,25,26). The Bertz CT molecular complexity index is 802. The molecule has 2 aliphatic rings. The normalized spacial score (nSPS) is 25.1. The third kappa shape index (κ3) is 3.11. The summed E-state index contributed by atoms with van der Waals surface area (Å²) in [6.45, 7) is 0.586. The Morgan fingerprint density at radius 3 is 2.69 bits per heavy atom. The first-order valence-electron chi connectivity index (χ1n) is 9.25. The van der Waals surface area contributed by atoms with Gasteiger partial charge in [-0.05, 0) is 30.7 Å². The Morgan fingerprint density at radius 2 is 1.92 bits per heavy atom. The van der Waals surface area contributed by atoms with Crippen LogP contribution in [0.15, 0.2) is 42.7 Å². The Balaban J connectivity index is 1.55. The molecular formula is C20H23N3O3. The van der Waals surface area contributed by atoms with Crippen LogP contribution < -0.4 is 0 Å². The average Bonchev–Trinajstić information content (AvgIpc) is 3.26. The van der Waals surface area contributed by atoms with Gasteiger partial charge in [-0.1, -0.05) is 43.2 Å². The van der Waals surface area contributed by atoms with E-state index in [2.05, 4.69) is 5.10 Å². The molecule has 1 aromatic heterocycles. The van der Waals surface area contributed by atoms with Crippen LogP contribution >= 0.6 is 0 Å². The lowest BCUT2D eigenvalue weighted by atomic mass is 9.84. The monoisotopic (exact) mass is 353 g/mol. The Labute approximate surface area is 152 Å². The van der Waals surface area contributed by atoms with E-state index in [-0.39, 0.29) is 11.9 Å². The van der Waals surface area contributed by atoms with Crippen LogP contribution in [-0.2, 0) is 11.3 Å². The lowest BCUT2D eigenvalue weighted by Crippen LogP contribution is -2.46. The fourth-order valence-electron chi connectivity index (χ4n) is 4.45. The number of carbonyl (C=O) groups excluding carboxylic acids is 1. The van der Waals surface area contributed by atoms with Crippen LogP contribution in [0.5, 0.6) is 0 Å². The fourth-order valence-corrected chi connectivity index (χ4v) is 4.45. The zero-order valence-corrected chi connectivity index (χ0v) is 14.6. The summed E-state index contributed by atoms with van der Waals surface area (Å²) in [5.74, 6) is -0.788. The van der Waals surface area contributed by atoms with Gasteiger partial charge in [0.1, 0.15) is 6.04 Å². The van der Waals surface area contributed by atoms with E-state index in [9.17, 15) is 14.7 Å².